The number of anilines is 1. The van der Waals surface area contributed by atoms with Gasteiger partial charge < -0.3 is 10.4 Å². The van der Waals surface area contributed by atoms with Crippen LogP contribution in [0.3, 0.4) is 0 Å². The van der Waals surface area contributed by atoms with Crippen molar-refractivity contribution in [1.82, 2.24) is 10.2 Å². The van der Waals surface area contributed by atoms with E-state index >= 15 is 0 Å². The molecule has 0 radical (unpaired) electrons. The highest BCUT2D eigenvalue weighted by Gasteiger charge is 2.17. The lowest BCUT2D eigenvalue weighted by atomic mass is 9.96. The second-order valence-electron chi connectivity index (χ2n) is 6.75. The van der Waals surface area contributed by atoms with E-state index in [1.807, 2.05) is 0 Å². The third-order valence-corrected chi connectivity index (χ3v) is 5.71. The number of nitrogens with one attached hydrogen (secondary N) is 1. The van der Waals surface area contributed by atoms with Crippen LogP contribution in [0.1, 0.15) is 32.1 Å². The molecule has 140 valence electrons. The van der Waals surface area contributed by atoms with Gasteiger partial charge in [-0.05, 0) is 42.7 Å². The zero-order valence-electron chi connectivity index (χ0n) is 14.6. The molecule has 0 unspecified atom stereocenters. The molecule has 3 aromatic rings. The summed E-state index contributed by atoms with van der Waals surface area (Å²) in [6, 6.07) is 8.59. The Labute approximate surface area is 159 Å². The molecule has 0 bridgehead atoms. The van der Waals surface area contributed by atoms with Crippen molar-refractivity contribution in [3.05, 3.63) is 48.0 Å². The summed E-state index contributed by atoms with van der Waals surface area (Å²) in [5.74, 6) is -1.23. The van der Waals surface area contributed by atoms with Crippen molar-refractivity contribution in [3.8, 4) is 27.4 Å². The van der Waals surface area contributed by atoms with Crippen LogP contribution < -0.4 is 5.32 Å². The zero-order chi connectivity index (χ0) is 18.8. The molecule has 2 N–H and O–H groups in total. The Morgan fingerprint density at radius 3 is 2.56 bits per heavy atom. The molecule has 27 heavy (non-hydrogen) atoms. The van der Waals surface area contributed by atoms with Gasteiger partial charge in [-0.15, -0.1) is 10.2 Å². The van der Waals surface area contributed by atoms with Crippen molar-refractivity contribution < 1.29 is 13.9 Å². The Balaban J connectivity index is 1.62. The van der Waals surface area contributed by atoms with E-state index in [1.165, 1.54) is 48.8 Å². The molecule has 0 saturated heterocycles. The van der Waals surface area contributed by atoms with Gasteiger partial charge in [-0.1, -0.05) is 36.7 Å². The van der Waals surface area contributed by atoms with Gasteiger partial charge in [0.05, 0.1) is 5.56 Å². The van der Waals surface area contributed by atoms with E-state index in [0.717, 1.165) is 24.0 Å². The Hall–Kier alpha value is -2.54. The topological polar surface area (TPSA) is 58.0 Å². The van der Waals surface area contributed by atoms with Gasteiger partial charge in [-0.3, -0.25) is 0 Å². The van der Waals surface area contributed by atoms with Crippen molar-refractivity contribution in [1.29, 1.82) is 0 Å². The quantitative estimate of drug-likeness (QED) is 0.612. The van der Waals surface area contributed by atoms with Crippen LogP contribution in [0.4, 0.5) is 13.9 Å². The predicted molar refractivity (Wildman–Crippen MR) is 103 cm³/mol. The van der Waals surface area contributed by atoms with Crippen LogP contribution in [-0.4, -0.2) is 21.3 Å². The molecule has 4 rings (SSSR count). The number of hydrogen-bond donors (Lipinski definition) is 2. The van der Waals surface area contributed by atoms with E-state index in [1.54, 1.807) is 12.1 Å². The summed E-state index contributed by atoms with van der Waals surface area (Å²) < 4.78 is 27.3. The van der Waals surface area contributed by atoms with Gasteiger partial charge in [-0.25, -0.2) is 8.78 Å². The first-order chi connectivity index (χ1) is 13.1. The van der Waals surface area contributed by atoms with Gasteiger partial charge in [0.15, 0.2) is 5.01 Å². The number of aromatic hydroxyl groups is 1. The second kappa shape index (κ2) is 7.60. The summed E-state index contributed by atoms with van der Waals surface area (Å²) >= 11 is 1.36. The molecule has 0 amide bonds. The largest absolute Gasteiger partial charge is 0.507 e. The molecule has 0 spiro atoms. The Bertz CT molecular complexity index is 954. The number of hydrogen-bond acceptors (Lipinski definition) is 5. The summed E-state index contributed by atoms with van der Waals surface area (Å²) in [5.41, 5.74) is 1.28. The van der Waals surface area contributed by atoms with E-state index in [9.17, 15) is 13.9 Å². The molecule has 1 fully saturated rings. The van der Waals surface area contributed by atoms with Crippen LogP contribution in [0.15, 0.2) is 36.4 Å². The molecule has 4 nitrogen and oxygen atoms in total. The summed E-state index contributed by atoms with van der Waals surface area (Å²) in [6.07, 6.45) is 5.96. The Kier molecular flexibility index (Phi) is 5.03. The normalized spacial score (nSPS) is 15.0. The Morgan fingerprint density at radius 2 is 1.78 bits per heavy atom. The lowest BCUT2D eigenvalue weighted by Gasteiger charge is -2.21. The van der Waals surface area contributed by atoms with Gasteiger partial charge in [0.1, 0.15) is 17.4 Å². The standard InChI is InChI=1S/C20H19F2N3OS/c21-13-7-8-15(17(22)11-13)12-6-9-18(26)16(10-12)19-24-25-20(27-19)23-14-4-2-1-3-5-14/h6-11,14,26H,1-5H2,(H,23,25). The average molecular weight is 387 g/mol. The van der Waals surface area contributed by atoms with E-state index in [-0.39, 0.29) is 11.3 Å². The maximum atomic E-state index is 14.1. The fourth-order valence-corrected chi connectivity index (χ4v) is 4.26. The van der Waals surface area contributed by atoms with Crippen LogP contribution in [0.5, 0.6) is 5.75 Å². The van der Waals surface area contributed by atoms with E-state index in [2.05, 4.69) is 15.5 Å². The minimum absolute atomic E-state index is 0.0432. The third-order valence-electron chi connectivity index (χ3n) is 4.83. The highest BCUT2D eigenvalue weighted by Crippen LogP contribution is 2.37. The summed E-state index contributed by atoms with van der Waals surface area (Å²) in [4.78, 5) is 0. The lowest BCUT2D eigenvalue weighted by molar-refractivity contribution is 0.462. The molecule has 2 aromatic carbocycles. The molecule has 1 heterocycles. The fraction of sp³-hybridized carbons (Fsp3) is 0.300. The summed E-state index contributed by atoms with van der Waals surface area (Å²) in [7, 11) is 0. The van der Waals surface area contributed by atoms with Crippen LogP contribution in [-0.2, 0) is 0 Å². The number of halogens is 2. The van der Waals surface area contributed by atoms with E-state index in [0.29, 0.717) is 22.2 Å². The molecule has 1 aliphatic carbocycles. The minimum atomic E-state index is -0.649. The van der Waals surface area contributed by atoms with Gasteiger partial charge >= 0.3 is 0 Å². The van der Waals surface area contributed by atoms with Gasteiger partial charge in [0, 0.05) is 17.7 Å². The Morgan fingerprint density at radius 1 is 0.963 bits per heavy atom. The van der Waals surface area contributed by atoms with Crippen LogP contribution in [0.25, 0.3) is 21.7 Å². The molecule has 1 aliphatic rings. The molecular formula is C20H19F2N3OS. The number of rotatable bonds is 4. The molecule has 1 aromatic heterocycles. The van der Waals surface area contributed by atoms with Crippen LogP contribution in [0, 0.1) is 11.6 Å². The van der Waals surface area contributed by atoms with Crippen molar-refractivity contribution in [3.63, 3.8) is 0 Å². The predicted octanol–water partition coefficient (Wildman–Crippen LogP) is 5.60. The van der Waals surface area contributed by atoms with Crippen LogP contribution >= 0.6 is 11.3 Å². The SMILES string of the molecule is Oc1ccc(-c2ccc(F)cc2F)cc1-c1nnc(NC2CCCCC2)s1. The number of phenolic OH excluding ortho intramolecular Hbond substituents is 1. The highest BCUT2D eigenvalue weighted by atomic mass is 32.1. The molecular weight excluding hydrogens is 368 g/mol. The molecule has 1 saturated carbocycles. The monoisotopic (exact) mass is 387 g/mol. The van der Waals surface area contributed by atoms with E-state index < -0.39 is 11.6 Å². The second-order valence-corrected chi connectivity index (χ2v) is 7.73. The van der Waals surface area contributed by atoms with Crippen molar-refractivity contribution in [2.24, 2.45) is 0 Å². The van der Waals surface area contributed by atoms with Crippen molar-refractivity contribution >= 4 is 16.5 Å². The first kappa shape index (κ1) is 17.9. The first-order valence-corrected chi connectivity index (χ1v) is 9.80. The zero-order valence-corrected chi connectivity index (χ0v) is 15.4. The molecule has 0 atom stereocenters. The van der Waals surface area contributed by atoms with Crippen molar-refractivity contribution in [2.75, 3.05) is 5.32 Å². The van der Waals surface area contributed by atoms with Gasteiger partial charge in [0.25, 0.3) is 0 Å². The number of benzene rings is 2. The maximum Gasteiger partial charge on any atom is 0.206 e. The molecule has 7 heteroatoms. The number of aromatic nitrogens is 2. The smallest absolute Gasteiger partial charge is 0.206 e. The molecule has 0 aliphatic heterocycles. The highest BCUT2D eigenvalue weighted by molar-refractivity contribution is 7.18. The number of nitrogens with zero attached hydrogens (tertiary/aromatic N) is 2. The third kappa shape index (κ3) is 3.93. The van der Waals surface area contributed by atoms with Gasteiger partial charge in [-0.2, -0.15) is 0 Å². The van der Waals surface area contributed by atoms with E-state index in [4.69, 9.17) is 0 Å². The van der Waals surface area contributed by atoms with Gasteiger partial charge in [0.2, 0.25) is 5.13 Å². The summed E-state index contributed by atoms with van der Waals surface area (Å²) in [6.45, 7) is 0. The van der Waals surface area contributed by atoms with Crippen molar-refractivity contribution in [2.45, 2.75) is 38.1 Å². The first-order valence-electron chi connectivity index (χ1n) is 8.99. The lowest BCUT2D eigenvalue weighted by Crippen LogP contribution is -2.21. The summed E-state index contributed by atoms with van der Waals surface area (Å²) in [5, 5.41) is 23.3. The fourth-order valence-electron chi connectivity index (χ4n) is 3.41. The van der Waals surface area contributed by atoms with Crippen LogP contribution in [0.2, 0.25) is 0 Å². The minimum Gasteiger partial charge on any atom is -0.507 e. The average Bonchev–Trinajstić information content (AvgIpc) is 3.11. The number of phenols is 1. The maximum absolute atomic E-state index is 14.1.